The average Bonchev–Trinajstić information content (AvgIpc) is 1.85. The number of allylic oxidation sites excluding steroid dienone is 2. The molecule has 1 aliphatic carbocycles. The van der Waals surface area contributed by atoms with Crippen molar-refractivity contribution in [3.8, 4) is 0 Å². The summed E-state index contributed by atoms with van der Waals surface area (Å²) in [5.41, 5.74) is 1.61. The van der Waals surface area contributed by atoms with Crippen LogP contribution in [0.25, 0.3) is 0 Å². The van der Waals surface area contributed by atoms with Crippen LogP contribution < -0.4 is 0 Å². The van der Waals surface area contributed by atoms with Crippen LogP contribution in [-0.2, 0) is 0 Å². The first-order valence-electron chi connectivity index (χ1n) is 4.89. The first-order chi connectivity index (χ1) is 5.22. The van der Waals surface area contributed by atoms with E-state index in [4.69, 9.17) is 0 Å². The zero-order valence-electron chi connectivity index (χ0n) is 8.06. The van der Waals surface area contributed by atoms with Gasteiger partial charge in [0, 0.05) is 0 Å². The molecule has 0 heteroatoms. The molecule has 0 heterocycles. The largest absolute Gasteiger partial charge is 0.0825 e. The lowest BCUT2D eigenvalue weighted by Gasteiger charge is -2.24. The van der Waals surface area contributed by atoms with Gasteiger partial charge in [0.2, 0.25) is 0 Å². The third-order valence-electron chi connectivity index (χ3n) is 2.56. The van der Waals surface area contributed by atoms with E-state index in [1.165, 1.54) is 25.7 Å². The van der Waals surface area contributed by atoms with E-state index in [0.717, 1.165) is 11.8 Å². The molecule has 0 fully saturated rings. The van der Waals surface area contributed by atoms with Crippen molar-refractivity contribution in [1.29, 1.82) is 0 Å². The summed E-state index contributed by atoms with van der Waals surface area (Å²) >= 11 is 0. The van der Waals surface area contributed by atoms with Gasteiger partial charge >= 0.3 is 0 Å². The maximum atomic E-state index is 2.49. The van der Waals surface area contributed by atoms with Crippen molar-refractivity contribution in [2.75, 3.05) is 0 Å². The minimum atomic E-state index is 0.892. The van der Waals surface area contributed by atoms with E-state index >= 15 is 0 Å². The van der Waals surface area contributed by atoms with E-state index in [-0.39, 0.29) is 0 Å². The lowest BCUT2D eigenvalue weighted by molar-refractivity contribution is 0.395. The van der Waals surface area contributed by atoms with E-state index in [1.54, 1.807) is 5.57 Å². The average molecular weight is 152 g/mol. The van der Waals surface area contributed by atoms with Gasteiger partial charge in [-0.25, -0.2) is 0 Å². The highest BCUT2D eigenvalue weighted by Gasteiger charge is 2.15. The molecule has 0 amide bonds. The highest BCUT2D eigenvalue weighted by atomic mass is 14.2. The summed E-state index contributed by atoms with van der Waals surface area (Å²) in [6.07, 6.45) is 7.97. The van der Waals surface area contributed by atoms with E-state index in [9.17, 15) is 0 Å². The van der Waals surface area contributed by atoms with Gasteiger partial charge in [0.15, 0.2) is 0 Å². The Morgan fingerprint density at radius 1 is 1.55 bits per heavy atom. The molecule has 0 spiro atoms. The topological polar surface area (TPSA) is 0 Å². The molecular weight excluding hydrogens is 132 g/mol. The predicted molar refractivity (Wildman–Crippen MR) is 50.6 cm³/mol. The van der Waals surface area contributed by atoms with Crippen molar-refractivity contribution in [3.05, 3.63) is 11.6 Å². The fourth-order valence-electron chi connectivity index (χ4n) is 2.26. The summed E-state index contributed by atoms with van der Waals surface area (Å²) in [5.74, 6) is 1.82. The summed E-state index contributed by atoms with van der Waals surface area (Å²) < 4.78 is 0. The quantitative estimate of drug-likeness (QED) is 0.528. The van der Waals surface area contributed by atoms with E-state index < -0.39 is 0 Å². The Morgan fingerprint density at radius 2 is 2.27 bits per heavy atom. The Hall–Kier alpha value is -0.260. The maximum absolute atomic E-state index is 2.49. The highest BCUT2D eigenvalue weighted by Crippen LogP contribution is 2.29. The molecule has 0 saturated heterocycles. The van der Waals surface area contributed by atoms with Gasteiger partial charge in [-0.05, 0) is 38.0 Å². The molecule has 2 atom stereocenters. The summed E-state index contributed by atoms with van der Waals surface area (Å²) in [7, 11) is 0. The molecule has 1 rings (SSSR count). The molecule has 1 aliphatic rings. The molecule has 11 heavy (non-hydrogen) atoms. The van der Waals surface area contributed by atoms with Gasteiger partial charge in [0.05, 0.1) is 0 Å². The van der Waals surface area contributed by atoms with Crippen LogP contribution in [0.3, 0.4) is 0 Å². The van der Waals surface area contributed by atoms with E-state index in [2.05, 4.69) is 26.8 Å². The second kappa shape index (κ2) is 3.94. The van der Waals surface area contributed by atoms with Crippen LogP contribution in [0, 0.1) is 11.8 Å². The van der Waals surface area contributed by atoms with Crippen molar-refractivity contribution < 1.29 is 0 Å². The standard InChI is InChI=1S/C11H20/c1-4-5-11-7-9(2)6-10(3)8-11/h7,10-11H,4-6,8H2,1-3H3. The zero-order chi connectivity index (χ0) is 8.27. The van der Waals surface area contributed by atoms with Gasteiger partial charge in [0.25, 0.3) is 0 Å². The lowest BCUT2D eigenvalue weighted by Crippen LogP contribution is -2.10. The van der Waals surface area contributed by atoms with Crippen molar-refractivity contribution in [2.45, 2.75) is 46.5 Å². The van der Waals surface area contributed by atoms with Crippen LogP contribution in [0.4, 0.5) is 0 Å². The summed E-state index contributed by atoms with van der Waals surface area (Å²) in [6.45, 7) is 6.93. The molecule has 0 N–H and O–H groups in total. The summed E-state index contributed by atoms with van der Waals surface area (Å²) in [4.78, 5) is 0. The van der Waals surface area contributed by atoms with Crippen LogP contribution >= 0.6 is 0 Å². The van der Waals surface area contributed by atoms with Gasteiger partial charge in [0.1, 0.15) is 0 Å². The first kappa shape index (κ1) is 8.83. The molecule has 0 aliphatic heterocycles. The highest BCUT2D eigenvalue weighted by molar-refractivity contribution is 5.06. The zero-order valence-corrected chi connectivity index (χ0v) is 8.06. The van der Waals surface area contributed by atoms with Gasteiger partial charge in [-0.15, -0.1) is 0 Å². The smallest absolute Gasteiger partial charge is 0.0228 e. The molecule has 64 valence electrons. The molecule has 0 radical (unpaired) electrons. The van der Waals surface area contributed by atoms with Crippen molar-refractivity contribution >= 4 is 0 Å². The minimum absolute atomic E-state index is 0.892. The normalized spacial score (nSPS) is 31.7. The van der Waals surface area contributed by atoms with Gasteiger partial charge in [-0.3, -0.25) is 0 Å². The van der Waals surface area contributed by atoms with Gasteiger partial charge in [-0.2, -0.15) is 0 Å². The second-order valence-electron chi connectivity index (χ2n) is 4.11. The fourth-order valence-corrected chi connectivity index (χ4v) is 2.26. The molecule has 0 aromatic heterocycles. The van der Waals surface area contributed by atoms with Crippen molar-refractivity contribution in [2.24, 2.45) is 11.8 Å². The SMILES string of the molecule is CCCC1C=C(C)CC(C)C1. The number of rotatable bonds is 2. The molecule has 0 nitrogen and oxygen atoms in total. The summed E-state index contributed by atoms with van der Waals surface area (Å²) in [5, 5.41) is 0. The van der Waals surface area contributed by atoms with Gasteiger partial charge < -0.3 is 0 Å². The predicted octanol–water partition coefficient (Wildman–Crippen LogP) is 3.78. The maximum Gasteiger partial charge on any atom is -0.0228 e. The number of hydrogen-bond acceptors (Lipinski definition) is 0. The van der Waals surface area contributed by atoms with Crippen molar-refractivity contribution in [3.63, 3.8) is 0 Å². The summed E-state index contributed by atoms with van der Waals surface area (Å²) in [6, 6.07) is 0. The minimum Gasteiger partial charge on any atom is -0.0825 e. The first-order valence-corrected chi connectivity index (χ1v) is 4.89. The Labute approximate surface area is 70.7 Å². The van der Waals surface area contributed by atoms with Crippen molar-refractivity contribution in [1.82, 2.24) is 0 Å². The Kier molecular flexibility index (Phi) is 3.16. The molecular formula is C11H20. The Bertz CT molecular complexity index is 144. The Balaban J connectivity index is 2.47. The molecule has 0 saturated carbocycles. The Morgan fingerprint density at radius 3 is 2.82 bits per heavy atom. The lowest BCUT2D eigenvalue weighted by atomic mass is 9.82. The van der Waals surface area contributed by atoms with Crippen LogP contribution in [-0.4, -0.2) is 0 Å². The number of hydrogen-bond donors (Lipinski definition) is 0. The third-order valence-corrected chi connectivity index (χ3v) is 2.56. The van der Waals surface area contributed by atoms with E-state index in [0.29, 0.717) is 0 Å². The molecule has 0 aromatic carbocycles. The van der Waals surface area contributed by atoms with Crippen LogP contribution in [0.5, 0.6) is 0 Å². The van der Waals surface area contributed by atoms with Gasteiger partial charge in [-0.1, -0.05) is 31.9 Å². The molecule has 2 unspecified atom stereocenters. The fraction of sp³-hybridized carbons (Fsp3) is 0.818. The van der Waals surface area contributed by atoms with Crippen LogP contribution in [0.2, 0.25) is 0 Å². The van der Waals surface area contributed by atoms with Crippen LogP contribution in [0.15, 0.2) is 11.6 Å². The third kappa shape index (κ3) is 2.69. The molecule has 0 bridgehead atoms. The second-order valence-corrected chi connectivity index (χ2v) is 4.11. The van der Waals surface area contributed by atoms with Crippen LogP contribution in [0.1, 0.15) is 46.5 Å². The monoisotopic (exact) mass is 152 g/mol. The molecule has 0 aromatic rings. The van der Waals surface area contributed by atoms with E-state index in [1.807, 2.05) is 0 Å².